The molecule has 0 unspecified atom stereocenters. The molecule has 2 saturated carbocycles. The summed E-state index contributed by atoms with van der Waals surface area (Å²) in [5.41, 5.74) is 4.10. The van der Waals surface area contributed by atoms with E-state index in [2.05, 4.69) is 50.5 Å². The summed E-state index contributed by atoms with van der Waals surface area (Å²) in [6, 6.07) is 0. The number of thioether (sulfide) groups is 1. The molecule has 4 heteroatoms. The van der Waals surface area contributed by atoms with Gasteiger partial charge in [0.05, 0.1) is 18.0 Å². The van der Waals surface area contributed by atoms with E-state index >= 15 is 0 Å². The van der Waals surface area contributed by atoms with Gasteiger partial charge in [-0.05, 0) is 74.3 Å². The molecule has 182 valence electrons. The predicted octanol–water partition coefficient (Wildman–Crippen LogP) is 5.72. The van der Waals surface area contributed by atoms with Crippen molar-refractivity contribution in [2.45, 2.75) is 102 Å². The van der Waals surface area contributed by atoms with Gasteiger partial charge in [0.1, 0.15) is 5.60 Å². The van der Waals surface area contributed by atoms with Crippen LogP contribution in [0.3, 0.4) is 0 Å². The molecule has 3 N–H and O–H groups in total. The van der Waals surface area contributed by atoms with Gasteiger partial charge in [0, 0.05) is 11.7 Å². The molecule has 3 rings (SSSR count). The largest absolute Gasteiger partial charge is 0.393 e. The molecule has 0 aromatic rings. The van der Waals surface area contributed by atoms with Crippen LogP contribution in [0.5, 0.6) is 0 Å². The van der Waals surface area contributed by atoms with Gasteiger partial charge in [-0.25, -0.2) is 0 Å². The van der Waals surface area contributed by atoms with E-state index in [9.17, 15) is 15.3 Å². The third-order valence-electron chi connectivity index (χ3n) is 8.21. The van der Waals surface area contributed by atoms with Gasteiger partial charge in [0.15, 0.2) is 0 Å². The van der Waals surface area contributed by atoms with Crippen molar-refractivity contribution < 1.29 is 15.3 Å². The van der Waals surface area contributed by atoms with E-state index in [-0.39, 0.29) is 5.41 Å². The molecule has 0 spiro atoms. The zero-order valence-electron chi connectivity index (χ0n) is 20.9. The first-order chi connectivity index (χ1) is 15.6. The molecule has 2 fully saturated rings. The Bertz CT molecular complexity index is 882. The first-order valence-corrected chi connectivity index (χ1v) is 13.7. The van der Waals surface area contributed by atoms with E-state index in [1.165, 1.54) is 18.4 Å². The lowest BCUT2D eigenvalue weighted by atomic mass is 9.64. The van der Waals surface area contributed by atoms with Crippen molar-refractivity contribution >= 4 is 11.8 Å². The molecular weight excluding hydrogens is 428 g/mol. The third kappa shape index (κ3) is 5.88. The fraction of sp³-hybridized carbons (Fsp3) is 0.655. The van der Waals surface area contributed by atoms with E-state index in [0.717, 1.165) is 29.7 Å². The van der Waals surface area contributed by atoms with Crippen molar-refractivity contribution in [3.63, 3.8) is 0 Å². The maximum atomic E-state index is 10.4. The summed E-state index contributed by atoms with van der Waals surface area (Å²) in [4.78, 5) is 0. The number of hydrogen-bond acceptors (Lipinski definition) is 4. The zero-order valence-corrected chi connectivity index (χ0v) is 21.7. The van der Waals surface area contributed by atoms with E-state index in [1.54, 1.807) is 5.57 Å². The van der Waals surface area contributed by atoms with Crippen molar-refractivity contribution in [3.05, 3.63) is 47.1 Å². The molecule has 3 nitrogen and oxygen atoms in total. The average Bonchev–Trinajstić information content (AvgIpc) is 3.15. The maximum absolute atomic E-state index is 10.4. The van der Waals surface area contributed by atoms with Gasteiger partial charge in [-0.3, -0.25) is 0 Å². The smallest absolute Gasteiger partial charge is 0.125 e. The summed E-state index contributed by atoms with van der Waals surface area (Å²) in [7, 11) is 0. The number of aliphatic hydroxyl groups excluding tert-OH is 2. The van der Waals surface area contributed by atoms with E-state index < -0.39 is 17.8 Å². The second kappa shape index (κ2) is 11.0. The topological polar surface area (TPSA) is 60.7 Å². The normalized spacial score (nSPS) is 33.5. The van der Waals surface area contributed by atoms with Crippen LogP contribution in [0.4, 0.5) is 0 Å². The minimum Gasteiger partial charge on any atom is -0.393 e. The first-order valence-electron chi connectivity index (χ1n) is 12.6. The lowest BCUT2D eigenvalue weighted by Crippen LogP contribution is -2.33. The Kier molecular flexibility index (Phi) is 8.78. The first kappa shape index (κ1) is 26.4. The van der Waals surface area contributed by atoms with Crippen LogP contribution in [0.2, 0.25) is 0 Å². The molecule has 3 aliphatic rings. The Morgan fingerprint density at radius 3 is 2.73 bits per heavy atom. The standard InChI is InChI=1S/C29H42O3S/c1-6-29(32,7-2)16-9-17-33-21(4)25-13-14-26-22(10-8-15-28(25,26)5)11-12-23-18-24(30)19-27(31)20(23)3/h11-13,21,24,26-27,30-32H,3,6-8,10,14-15,17-19H2,1-2,4-5H3/t21-,24-,26+,27+,28-/m1/s1. The van der Waals surface area contributed by atoms with Crippen molar-refractivity contribution in [2.24, 2.45) is 11.3 Å². The quantitative estimate of drug-likeness (QED) is 0.343. The number of fused-ring (bicyclic) bond motifs is 1. The van der Waals surface area contributed by atoms with Gasteiger partial charge in [0.2, 0.25) is 0 Å². The molecule has 5 atom stereocenters. The van der Waals surface area contributed by atoms with Gasteiger partial charge in [0.25, 0.3) is 0 Å². The lowest BCUT2D eigenvalue weighted by molar-refractivity contribution is 0.0862. The molecule has 0 radical (unpaired) electrons. The van der Waals surface area contributed by atoms with Gasteiger partial charge in [-0.1, -0.05) is 68.6 Å². The zero-order chi connectivity index (χ0) is 24.2. The maximum Gasteiger partial charge on any atom is 0.125 e. The van der Waals surface area contributed by atoms with E-state index in [0.29, 0.717) is 36.9 Å². The van der Waals surface area contributed by atoms with Crippen LogP contribution in [0.1, 0.15) is 79.1 Å². The van der Waals surface area contributed by atoms with Crippen molar-refractivity contribution in [1.29, 1.82) is 0 Å². The highest BCUT2D eigenvalue weighted by Gasteiger charge is 2.46. The molecule has 0 bridgehead atoms. The van der Waals surface area contributed by atoms with Gasteiger partial charge in [-0.2, -0.15) is 0 Å². The minimum atomic E-state index is -0.846. The Balaban J connectivity index is 1.69. The van der Waals surface area contributed by atoms with Crippen LogP contribution < -0.4 is 0 Å². The highest BCUT2D eigenvalue weighted by atomic mass is 32.2. The molecule has 0 saturated heterocycles. The van der Waals surface area contributed by atoms with E-state index in [4.69, 9.17) is 0 Å². The van der Waals surface area contributed by atoms with Gasteiger partial charge < -0.3 is 15.3 Å². The lowest BCUT2D eigenvalue weighted by Gasteiger charge is -2.42. The average molecular weight is 471 g/mol. The molecule has 0 amide bonds. The van der Waals surface area contributed by atoms with Crippen molar-refractivity contribution in [3.8, 4) is 11.8 Å². The van der Waals surface area contributed by atoms with Crippen LogP contribution in [0.25, 0.3) is 0 Å². The molecule has 0 heterocycles. The fourth-order valence-electron chi connectivity index (χ4n) is 5.83. The number of rotatable bonds is 6. The second-order valence-electron chi connectivity index (χ2n) is 10.3. The summed E-state index contributed by atoms with van der Waals surface area (Å²) in [5.74, 6) is 7.55. The molecule has 0 aromatic heterocycles. The Morgan fingerprint density at radius 2 is 2.03 bits per heavy atom. The fourth-order valence-corrected chi connectivity index (χ4v) is 6.78. The summed E-state index contributed by atoms with van der Waals surface area (Å²) in [6.07, 6.45) is 12.6. The highest BCUT2D eigenvalue weighted by Crippen LogP contribution is 2.56. The molecular formula is C29H42O3S. The SMILES string of the molecule is C=C1C(=CC=C2CCC[C@]3(C)C([C@@H](C)SCC#CC(O)(CC)CC)=CC[C@@H]23)C[C@@H](O)C[C@@H]1O. The summed E-state index contributed by atoms with van der Waals surface area (Å²) >= 11 is 1.88. The van der Waals surface area contributed by atoms with Crippen LogP contribution in [0, 0.1) is 23.2 Å². The van der Waals surface area contributed by atoms with Crippen LogP contribution >= 0.6 is 11.8 Å². The number of hydrogen-bond donors (Lipinski definition) is 3. The molecule has 3 aliphatic carbocycles. The Hall–Kier alpha value is -1.25. The molecule has 33 heavy (non-hydrogen) atoms. The van der Waals surface area contributed by atoms with Crippen molar-refractivity contribution in [2.75, 3.05) is 5.75 Å². The number of aliphatic hydroxyl groups is 3. The van der Waals surface area contributed by atoms with Gasteiger partial charge >= 0.3 is 0 Å². The highest BCUT2D eigenvalue weighted by molar-refractivity contribution is 8.00. The summed E-state index contributed by atoms with van der Waals surface area (Å²) < 4.78 is 0. The minimum absolute atomic E-state index is 0.179. The summed E-state index contributed by atoms with van der Waals surface area (Å²) in [5, 5.41) is 31.0. The Morgan fingerprint density at radius 1 is 1.30 bits per heavy atom. The summed E-state index contributed by atoms with van der Waals surface area (Å²) in [6.45, 7) is 12.7. The Labute approximate surface area is 205 Å². The monoisotopic (exact) mass is 470 g/mol. The third-order valence-corrected chi connectivity index (χ3v) is 9.27. The second-order valence-corrected chi connectivity index (χ2v) is 11.6. The van der Waals surface area contributed by atoms with Crippen molar-refractivity contribution in [1.82, 2.24) is 0 Å². The predicted molar refractivity (Wildman–Crippen MR) is 140 cm³/mol. The van der Waals surface area contributed by atoms with E-state index in [1.807, 2.05) is 25.6 Å². The molecule has 0 aromatic carbocycles. The van der Waals surface area contributed by atoms with Crippen LogP contribution in [0.15, 0.2) is 47.1 Å². The number of allylic oxidation sites excluding steroid dienone is 4. The van der Waals surface area contributed by atoms with Crippen LogP contribution in [-0.2, 0) is 0 Å². The molecule has 0 aliphatic heterocycles. The van der Waals surface area contributed by atoms with Crippen LogP contribution in [-0.4, -0.2) is 44.1 Å². The van der Waals surface area contributed by atoms with Gasteiger partial charge in [-0.15, -0.1) is 11.8 Å².